The minimum atomic E-state index is -2.62. The molecular weight excluding hydrogens is 264 g/mol. The fourth-order valence-electron chi connectivity index (χ4n) is 1.49. The van der Waals surface area contributed by atoms with Crippen LogP contribution in [0.2, 0.25) is 0 Å². The second kappa shape index (κ2) is 5.81. The highest BCUT2D eigenvalue weighted by Gasteiger charge is 2.11. The van der Waals surface area contributed by atoms with Gasteiger partial charge in [-0.2, -0.15) is 19.0 Å². The van der Waals surface area contributed by atoms with E-state index in [4.69, 9.17) is 0 Å². The Bertz CT molecular complexity index is 489. The van der Waals surface area contributed by atoms with E-state index in [-0.39, 0.29) is 19.0 Å². The Morgan fingerprint density at radius 2 is 2.17 bits per heavy atom. The number of anilines is 1. The SMILES string of the molecule is Cc1cc(NCc2ccnn2C(F)F)nn1C.Cl. The molecular formula is C10H14ClF2N5. The summed E-state index contributed by atoms with van der Waals surface area (Å²) in [7, 11) is 1.82. The van der Waals surface area contributed by atoms with Crippen molar-refractivity contribution in [1.82, 2.24) is 19.6 Å². The standard InChI is InChI=1S/C10H13F2N5.ClH/c1-7-5-9(15-16(7)2)13-6-8-3-4-14-17(8)10(11)12;/h3-5,10H,6H2,1-2H3,(H,13,15);1H. The first-order valence-electron chi connectivity index (χ1n) is 5.13. The third-order valence-corrected chi connectivity index (χ3v) is 2.50. The normalized spacial score (nSPS) is 10.5. The van der Waals surface area contributed by atoms with Gasteiger partial charge in [0.1, 0.15) is 5.82 Å². The minimum absolute atomic E-state index is 0. The molecule has 2 rings (SSSR count). The molecule has 0 saturated heterocycles. The van der Waals surface area contributed by atoms with Gasteiger partial charge in [-0.1, -0.05) is 0 Å². The molecule has 2 heterocycles. The Labute approximate surface area is 109 Å². The summed E-state index contributed by atoms with van der Waals surface area (Å²) >= 11 is 0. The van der Waals surface area contributed by atoms with Crippen LogP contribution in [0.1, 0.15) is 17.9 Å². The van der Waals surface area contributed by atoms with Gasteiger partial charge >= 0.3 is 6.55 Å². The van der Waals surface area contributed by atoms with Crippen LogP contribution in [0, 0.1) is 6.92 Å². The zero-order valence-electron chi connectivity index (χ0n) is 9.97. The van der Waals surface area contributed by atoms with Crippen molar-refractivity contribution in [1.29, 1.82) is 0 Å². The molecule has 0 radical (unpaired) electrons. The second-order valence-electron chi connectivity index (χ2n) is 3.69. The van der Waals surface area contributed by atoms with Crippen molar-refractivity contribution in [3.05, 3.63) is 29.7 Å². The van der Waals surface area contributed by atoms with Crippen LogP contribution in [0.3, 0.4) is 0 Å². The molecule has 0 saturated carbocycles. The van der Waals surface area contributed by atoms with E-state index in [0.29, 0.717) is 16.2 Å². The molecule has 0 aromatic carbocycles. The van der Waals surface area contributed by atoms with Crippen LogP contribution < -0.4 is 5.32 Å². The lowest BCUT2D eigenvalue weighted by atomic mass is 10.4. The van der Waals surface area contributed by atoms with E-state index in [0.717, 1.165) is 5.69 Å². The monoisotopic (exact) mass is 277 g/mol. The van der Waals surface area contributed by atoms with Crippen LogP contribution in [0.5, 0.6) is 0 Å². The Kier molecular flexibility index (Phi) is 4.66. The van der Waals surface area contributed by atoms with Gasteiger partial charge in [0.25, 0.3) is 0 Å². The summed E-state index contributed by atoms with van der Waals surface area (Å²) in [6.07, 6.45) is 1.35. The van der Waals surface area contributed by atoms with Gasteiger partial charge in [-0.15, -0.1) is 12.4 Å². The lowest BCUT2D eigenvalue weighted by Gasteiger charge is -2.06. The molecule has 0 atom stereocenters. The highest BCUT2D eigenvalue weighted by atomic mass is 35.5. The Hall–Kier alpha value is -1.63. The first kappa shape index (κ1) is 14.4. The summed E-state index contributed by atoms with van der Waals surface area (Å²) in [5.74, 6) is 0.659. The van der Waals surface area contributed by atoms with Crippen LogP contribution >= 0.6 is 12.4 Å². The van der Waals surface area contributed by atoms with Crippen molar-refractivity contribution < 1.29 is 8.78 Å². The average molecular weight is 278 g/mol. The fraction of sp³-hybridized carbons (Fsp3) is 0.400. The lowest BCUT2D eigenvalue weighted by molar-refractivity contribution is 0.0537. The number of aromatic nitrogens is 4. The molecule has 2 aromatic rings. The second-order valence-corrected chi connectivity index (χ2v) is 3.69. The topological polar surface area (TPSA) is 47.7 Å². The maximum atomic E-state index is 12.5. The van der Waals surface area contributed by atoms with Crippen LogP contribution in [0.4, 0.5) is 14.6 Å². The third-order valence-electron chi connectivity index (χ3n) is 2.50. The fourth-order valence-corrected chi connectivity index (χ4v) is 1.49. The number of aryl methyl sites for hydroxylation is 2. The molecule has 18 heavy (non-hydrogen) atoms. The van der Waals surface area contributed by atoms with Gasteiger partial charge in [-0.3, -0.25) is 4.68 Å². The molecule has 0 aliphatic heterocycles. The van der Waals surface area contributed by atoms with Gasteiger partial charge in [-0.05, 0) is 13.0 Å². The smallest absolute Gasteiger partial charge is 0.333 e. The summed E-state index contributed by atoms with van der Waals surface area (Å²) in [4.78, 5) is 0. The van der Waals surface area contributed by atoms with Gasteiger partial charge in [0.05, 0.1) is 12.2 Å². The van der Waals surface area contributed by atoms with E-state index in [1.165, 1.54) is 6.20 Å². The number of halogens is 3. The number of hydrogen-bond acceptors (Lipinski definition) is 3. The van der Waals surface area contributed by atoms with Gasteiger partial charge in [0, 0.05) is 25.0 Å². The van der Waals surface area contributed by atoms with Gasteiger partial charge < -0.3 is 5.32 Å². The molecule has 0 bridgehead atoms. The van der Waals surface area contributed by atoms with E-state index in [2.05, 4.69) is 15.5 Å². The van der Waals surface area contributed by atoms with Crippen molar-refractivity contribution >= 4 is 18.2 Å². The summed E-state index contributed by atoms with van der Waals surface area (Å²) in [6.45, 7) is -0.435. The summed E-state index contributed by atoms with van der Waals surface area (Å²) in [5, 5.41) is 10.7. The Morgan fingerprint density at radius 3 is 2.72 bits per heavy atom. The molecule has 0 unspecified atom stereocenters. The molecule has 5 nitrogen and oxygen atoms in total. The lowest BCUT2D eigenvalue weighted by Crippen LogP contribution is -2.10. The van der Waals surface area contributed by atoms with E-state index in [1.54, 1.807) is 10.7 Å². The molecule has 0 fully saturated rings. The summed E-state index contributed by atoms with van der Waals surface area (Å²) in [5.41, 5.74) is 1.41. The molecule has 8 heteroatoms. The first-order chi connectivity index (χ1) is 8.08. The quantitative estimate of drug-likeness (QED) is 0.933. The van der Waals surface area contributed by atoms with Crippen molar-refractivity contribution in [2.45, 2.75) is 20.0 Å². The zero-order chi connectivity index (χ0) is 12.4. The predicted molar refractivity (Wildman–Crippen MR) is 66.0 cm³/mol. The molecule has 0 amide bonds. The maximum absolute atomic E-state index is 12.5. The maximum Gasteiger partial charge on any atom is 0.333 e. The predicted octanol–water partition coefficient (Wildman–Crippen LogP) is 2.35. The van der Waals surface area contributed by atoms with Crippen molar-refractivity contribution in [3.8, 4) is 0 Å². The van der Waals surface area contributed by atoms with E-state index < -0.39 is 6.55 Å². The Morgan fingerprint density at radius 1 is 1.44 bits per heavy atom. The molecule has 100 valence electrons. The van der Waals surface area contributed by atoms with Gasteiger partial charge in [-0.25, -0.2) is 4.68 Å². The van der Waals surface area contributed by atoms with Gasteiger partial charge in [0.15, 0.2) is 0 Å². The minimum Gasteiger partial charge on any atom is -0.363 e. The first-order valence-corrected chi connectivity index (χ1v) is 5.13. The molecule has 2 aromatic heterocycles. The molecule has 0 spiro atoms. The van der Waals surface area contributed by atoms with Crippen LogP contribution in [0.25, 0.3) is 0 Å². The third kappa shape index (κ3) is 2.98. The van der Waals surface area contributed by atoms with Crippen LogP contribution in [-0.2, 0) is 13.6 Å². The Balaban J connectivity index is 0.00000162. The largest absolute Gasteiger partial charge is 0.363 e. The number of hydrogen-bond donors (Lipinski definition) is 1. The van der Waals surface area contributed by atoms with Crippen LogP contribution in [0.15, 0.2) is 18.3 Å². The summed E-state index contributed by atoms with van der Waals surface area (Å²) < 4.78 is 27.4. The number of nitrogens with zero attached hydrogens (tertiary/aromatic N) is 4. The van der Waals surface area contributed by atoms with Crippen molar-refractivity contribution in [2.75, 3.05) is 5.32 Å². The van der Waals surface area contributed by atoms with E-state index in [1.807, 2.05) is 20.0 Å². The van der Waals surface area contributed by atoms with E-state index in [9.17, 15) is 8.78 Å². The average Bonchev–Trinajstić information content (AvgIpc) is 2.83. The number of rotatable bonds is 4. The van der Waals surface area contributed by atoms with Crippen LogP contribution in [-0.4, -0.2) is 19.6 Å². The number of nitrogens with one attached hydrogen (secondary N) is 1. The molecule has 0 aliphatic carbocycles. The highest BCUT2D eigenvalue weighted by molar-refractivity contribution is 5.85. The molecule has 1 N–H and O–H groups in total. The van der Waals surface area contributed by atoms with Gasteiger partial charge in [0.2, 0.25) is 0 Å². The van der Waals surface area contributed by atoms with Crippen molar-refractivity contribution in [3.63, 3.8) is 0 Å². The highest BCUT2D eigenvalue weighted by Crippen LogP contribution is 2.14. The zero-order valence-corrected chi connectivity index (χ0v) is 10.8. The van der Waals surface area contributed by atoms with E-state index >= 15 is 0 Å². The number of alkyl halides is 2. The molecule has 0 aliphatic rings. The van der Waals surface area contributed by atoms with Crippen molar-refractivity contribution in [2.24, 2.45) is 7.05 Å². The summed E-state index contributed by atoms with van der Waals surface area (Å²) in [6, 6.07) is 3.40.